The molecule has 0 amide bonds. The van der Waals surface area contributed by atoms with Crippen LogP contribution in [0.2, 0.25) is 0 Å². The van der Waals surface area contributed by atoms with Crippen molar-refractivity contribution in [1.29, 1.82) is 0 Å². The van der Waals surface area contributed by atoms with Crippen LogP contribution in [0.3, 0.4) is 0 Å². The predicted octanol–water partition coefficient (Wildman–Crippen LogP) is 2.16. The van der Waals surface area contributed by atoms with Gasteiger partial charge in [0.25, 0.3) is 0 Å². The summed E-state index contributed by atoms with van der Waals surface area (Å²) < 4.78 is 22.6. The molecule has 0 saturated carbocycles. The molecule has 1 unspecified atom stereocenters. The van der Waals surface area contributed by atoms with E-state index in [-0.39, 0.29) is 5.57 Å². The second-order valence-electron chi connectivity index (χ2n) is 3.56. The van der Waals surface area contributed by atoms with Gasteiger partial charge < -0.3 is 9.47 Å². The van der Waals surface area contributed by atoms with Crippen molar-refractivity contribution < 1.29 is 23.5 Å². The highest BCUT2D eigenvalue weighted by Crippen LogP contribution is 2.26. The normalized spacial score (nSPS) is 11.5. The molecule has 0 heterocycles. The van der Waals surface area contributed by atoms with Crippen LogP contribution in [0.15, 0.2) is 36.4 Å². The van der Waals surface area contributed by atoms with Crippen LogP contribution >= 0.6 is 0 Å². The number of ether oxygens (including phenoxy) is 2. The van der Waals surface area contributed by atoms with Crippen molar-refractivity contribution >= 4 is 11.9 Å². The van der Waals surface area contributed by atoms with Gasteiger partial charge in [0.05, 0.1) is 12.7 Å². The summed E-state index contributed by atoms with van der Waals surface area (Å²) >= 11 is 0. The van der Waals surface area contributed by atoms with Gasteiger partial charge in [-0.15, -0.1) is 0 Å². The first kappa shape index (κ1) is 13.9. The number of rotatable bonds is 4. The quantitative estimate of drug-likeness (QED) is 0.608. The van der Waals surface area contributed by atoms with E-state index in [1.807, 2.05) is 0 Å². The fourth-order valence-electron chi connectivity index (χ4n) is 1.41. The average molecular weight is 252 g/mol. The van der Waals surface area contributed by atoms with Crippen molar-refractivity contribution in [2.24, 2.45) is 0 Å². The topological polar surface area (TPSA) is 52.6 Å². The number of hydrogen-bond donors (Lipinski definition) is 0. The molecule has 1 rings (SSSR count). The molecule has 1 atom stereocenters. The SMILES string of the molecule is C=C(C(=O)OC)C(OC(C)=O)c1cccc(F)c1. The van der Waals surface area contributed by atoms with Crippen molar-refractivity contribution in [1.82, 2.24) is 0 Å². The zero-order valence-corrected chi connectivity index (χ0v) is 10.1. The lowest BCUT2D eigenvalue weighted by Gasteiger charge is -2.18. The smallest absolute Gasteiger partial charge is 0.337 e. The van der Waals surface area contributed by atoms with E-state index in [0.717, 1.165) is 0 Å². The highest BCUT2D eigenvalue weighted by molar-refractivity contribution is 5.89. The van der Waals surface area contributed by atoms with Crippen molar-refractivity contribution in [2.75, 3.05) is 7.11 Å². The van der Waals surface area contributed by atoms with Gasteiger partial charge >= 0.3 is 11.9 Å². The van der Waals surface area contributed by atoms with Crippen LogP contribution in [0.25, 0.3) is 0 Å². The van der Waals surface area contributed by atoms with Gasteiger partial charge in [-0.05, 0) is 12.1 Å². The predicted molar refractivity (Wildman–Crippen MR) is 62.1 cm³/mol. The Bertz CT molecular complexity index is 482. The molecule has 0 N–H and O–H groups in total. The van der Waals surface area contributed by atoms with Gasteiger partial charge in [0.2, 0.25) is 0 Å². The second-order valence-corrected chi connectivity index (χ2v) is 3.56. The van der Waals surface area contributed by atoms with E-state index in [1.54, 1.807) is 0 Å². The molecule has 0 aliphatic heterocycles. The van der Waals surface area contributed by atoms with Crippen molar-refractivity contribution in [3.05, 3.63) is 47.8 Å². The summed E-state index contributed by atoms with van der Waals surface area (Å²) in [5.74, 6) is -1.82. The number of benzene rings is 1. The summed E-state index contributed by atoms with van der Waals surface area (Å²) in [7, 11) is 1.18. The first-order chi connectivity index (χ1) is 8.45. The molecule has 0 fully saturated rings. The third-order valence-electron chi connectivity index (χ3n) is 2.20. The Morgan fingerprint density at radius 2 is 2.06 bits per heavy atom. The molecular formula is C13H13FO4. The Balaban J connectivity index is 3.09. The summed E-state index contributed by atoms with van der Waals surface area (Å²) in [5.41, 5.74) is 0.249. The monoisotopic (exact) mass is 252 g/mol. The third-order valence-corrected chi connectivity index (χ3v) is 2.20. The molecule has 18 heavy (non-hydrogen) atoms. The van der Waals surface area contributed by atoms with E-state index in [4.69, 9.17) is 4.74 Å². The van der Waals surface area contributed by atoms with Crippen molar-refractivity contribution in [2.45, 2.75) is 13.0 Å². The van der Waals surface area contributed by atoms with Gasteiger partial charge in [-0.3, -0.25) is 4.79 Å². The molecule has 1 aromatic carbocycles. The highest BCUT2D eigenvalue weighted by atomic mass is 19.1. The molecule has 0 saturated heterocycles. The van der Waals surface area contributed by atoms with Crippen LogP contribution in [0.1, 0.15) is 18.6 Å². The van der Waals surface area contributed by atoms with E-state index in [2.05, 4.69) is 11.3 Å². The molecule has 96 valence electrons. The number of carbonyl (C=O) groups excluding carboxylic acids is 2. The highest BCUT2D eigenvalue weighted by Gasteiger charge is 2.24. The first-order valence-electron chi connectivity index (χ1n) is 5.15. The van der Waals surface area contributed by atoms with Gasteiger partial charge in [-0.1, -0.05) is 18.7 Å². The largest absolute Gasteiger partial charge is 0.466 e. The van der Waals surface area contributed by atoms with E-state index < -0.39 is 23.9 Å². The number of halogens is 1. The van der Waals surface area contributed by atoms with Gasteiger partial charge in [0.15, 0.2) is 6.10 Å². The maximum Gasteiger partial charge on any atom is 0.337 e. The van der Waals surface area contributed by atoms with Crippen molar-refractivity contribution in [3.8, 4) is 0 Å². The zero-order valence-electron chi connectivity index (χ0n) is 10.1. The molecule has 0 spiro atoms. The van der Waals surface area contributed by atoms with Crippen LogP contribution in [0, 0.1) is 5.82 Å². The lowest BCUT2D eigenvalue weighted by Crippen LogP contribution is -2.17. The Kier molecular flexibility index (Phi) is 4.59. The minimum atomic E-state index is -1.05. The zero-order chi connectivity index (χ0) is 13.7. The van der Waals surface area contributed by atoms with Crippen LogP contribution in [-0.2, 0) is 19.1 Å². The molecule has 1 aromatic rings. The van der Waals surface area contributed by atoms with Crippen LogP contribution in [0.4, 0.5) is 4.39 Å². The number of methoxy groups -OCH3 is 1. The van der Waals surface area contributed by atoms with E-state index in [9.17, 15) is 14.0 Å². The Labute approximate surface area is 104 Å². The average Bonchev–Trinajstić information content (AvgIpc) is 2.34. The van der Waals surface area contributed by atoms with Crippen LogP contribution in [0.5, 0.6) is 0 Å². The Morgan fingerprint density at radius 1 is 1.39 bits per heavy atom. The second kappa shape index (κ2) is 5.95. The molecule has 0 aliphatic rings. The molecule has 0 bridgehead atoms. The standard InChI is InChI=1S/C13H13FO4/c1-8(13(16)17-3)12(18-9(2)15)10-5-4-6-11(14)7-10/h4-7,12H,1H2,2-3H3. The molecule has 4 nitrogen and oxygen atoms in total. The van der Waals surface area contributed by atoms with Gasteiger partial charge in [0, 0.05) is 12.5 Å². The number of esters is 2. The van der Waals surface area contributed by atoms with Crippen molar-refractivity contribution in [3.63, 3.8) is 0 Å². The van der Waals surface area contributed by atoms with Gasteiger partial charge in [-0.25, -0.2) is 9.18 Å². The van der Waals surface area contributed by atoms with Crippen LogP contribution < -0.4 is 0 Å². The molecular weight excluding hydrogens is 239 g/mol. The maximum absolute atomic E-state index is 13.1. The summed E-state index contributed by atoms with van der Waals surface area (Å²) in [5, 5.41) is 0. The molecule has 0 radical (unpaired) electrons. The summed E-state index contributed by atoms with van der Waals surface area (Å²) in [6.45, 7) is 4.70. The fourth-order valence-corrected chi connectivity index (χ4v) is 1.41. The maximum atomic E-state index is 13.1. The van der Waals surface area contributed by atoms with Crippen LogP contribution in [-0.4, -0.2) is 19.0 Å². The Morgan fingerprint density at radius 3 is 2.56 bits per heavy atom. The molecule has 5 heteroatoms. The minimum Gasteiger partial charge on any atom is -0.466 e. The van der Waals surface area contributed by atoms with Gasteiger partial charge in [0.1, 0.15) is 5.82 Å². The minimum absolute atomic E-state index is 0.0710. The number of carbonyl (C=O) groups is 2. The number of hydrogen-bond acceptors (Lipinski definition) is 4. The lowest BCUT2D eigenvalue weighted by molar-refractivity contribution is -0.147. The van der Waals surface area contributed by atoms with E-state index in [0.29, 0.717) is 5.56 Å². The van der Waals surface area contributed by atoms with E-state index >= 15 is 0 Å². The molecule has 0 aliphatic carbocycles. The summed E-state index contributed by atoms with van der Waals surface area (Å²) in [4.78, 5) is 22.4. The fraction of sp³-hybridized carbons (Fsp3) is 0.231. The Hall–Kier alpha value is -2.17. The lowest BCUT2D eigenvalue weighted by atomic mass is 10.0. The third kappa shape index (κ3) is 3.41. The van der Waals surface area contributed by atoms with Gasteiger partial charge in [-0.2, -0.15) is 0 Å². The van der Waals surface area contributed by atoms with E-state index in [1.165, 1.54) is 38.3 Å². The first-order valence-corrected chi connectivity index (χ1v) is 5.15. The summed E-state index contributed by atoms with van der Waals surface area (Å²) in [6, 6.07) is 5.40. The summed E-state index contributed by atoms with van der Waals surface area (Å²) in [6.07, 6.45) is -1.05. The molecule has 0 aromatic heterocycles.